The summed E-state index contributed by atoms with van der Waals surface area (Å²) in [7, 11) is 4.34. The molecule has 1 aromatic heterocycles. The molecule has 2 saturated heterocycles. The lowest BCUT2D eigenvalue weighted by molar-refractivity contribution is 0.122. The van der Waals surface area contributed by atoms with E-state index in [1.54, 1.807) is 0 Å². The second-order valence-electron chi connectivity index (χ2n) is 7.16. The number of piperidine rings is 1. The number of rotatable bonds is 3. The van der Waals surface area contributed by atoms with Crippen molar-refractivity contribution in [3.63, 3.8) is 0 Å². The highest BCUT2D eigenvalue weighted by molar-refractivity contribution is 5.81. The Bertz CT molecular complexity index is 729. The Morgan fingerprint density at radius 1 is 0.960 bits per heavy atom. The van der Waals surface area contributed by atoms with Crippen LogP contribution in [-0.2, 0) is 4.74 Å². The number of hydrogen-bond acceptors (Lipinski definition) is 6. The van der Waals surface area contributed by atoms with Gasteiger partial charge in [0.2, 0.25) is 0 Å². The maximum absolute atomic E-state index is 5.53. The molecular formula is C19H27N5O. The highest BCUT2D eigenvalue weighted by Gasteiger charge is 2.27. The summed E-state index contributed by atoms with van der Waals surface area (Å²) in [4.78, 5) is 17.1. The lowest BCUT2D eigenvalue weighted by atomic mass is 10.0. The number of hydrogen-bond donors (Lipinski definition) is 0. The van der Waals surface area contributed by atoms with Gasteiger partial charge in [-0.05, 0) is 39.1 Å². The van der Waals surface area contributed by atoms with E-state index in [1.807, 2.05) is 12.1 Å². The normalized spacial score (nSPS) is 22.0. The number of fused-ring (bicyclic) bond motifs is 1. The third kappa shape index (κ3) is 3.41. The van der Waals surface area contributed by atoms with Crippen molar-refractivity contribution < 1.29 is 4.74 Å². The summed E-state index contributed by atoms with van der Waals surface area (Å²) in [5.41, 5.74) is 1.94. The third-order valence-electron chi connectivity index (χ3n) is 5.27. The topological polar surface area (TPSA) is 44.7 Å². The molecular weight excluding hydrogens is 314 g/mol. The van der Waals surface area contributed by atoms with Crippen molar-refractivity contribution in [1.82, 2.24) is 14.9 Å². The van der Waals surface area contributed by atoms with Crippen LogP contribution >= 0.6 is 0 Å². The predicted molar refractivity (Wildman–Crippen MR) is 101 cm³/mol. The maximum atomic E-state index is 5.53. The summed E-state index contributed by atoms with van der Waals surface area (Å²) >= 11 is 0. The summed E-state index contributed by atoms with van der Waals surface area (Å²) in [5.74, 6) is 2.05. The van der Waals surface area contributed by atoms with Gasteiger partial charge in [0.05, 0.1) is 24.2 Å². The van der Waals surface area contributed by atoms with Crippen LogP contribution in [0.2, 0.25) is 0 Å². The van der Waals surface area contributed by atoms with Crippen LogP contribution in [0.25, 0.3) is 11.0 Å². The van der Waals surface area contributed by atoms with Gasteiger partial charge in [-0.2, -0.15) is 0 Å². The van der Waals surface area contributed by atoms with Crippen LogP contribution in [-0.4, -0.2) is 74.4 Å². The van der Waals surface area contributed by atoms with Crippen LogP contribution in [0.1, 0.15) is 12.8 Å². The molecule has 0 bridgehead atoms. The highest BCUT2D eigenvalue weighted by Crippen LogP contribution is 2.31. The Morgan fingerprint density at radius 3 is 2.24 bits per heavy atom. The molecule has 1 atom stereocenters. The van der Waals surface area contributed by atoms with Gasteiger partial charge >= 0.3 is 0 Å². The molecule has 2 aromatic rings. The molecule has 0 saturated carbocycles. The number of ether oxygens (including phenoxy) is 1. The van der Waals surface area contributed by atoms with Gasteiger partial charge < -0.3 is 19.4 Å². The molecule has 6 nitrogen and oxygen atoms in total. The SMILES string of the molecule is CN(C)C1CCCN(c2nc3ccccc3nc2N2CCOCC2)C1. The second-order valence-corrected chi connectivity index (χ2v) is 7.16. The monoisotopic (exact) mass is 341 g/mol. The van der Waals surface area contributed by atoms with E-state index < -0.39 is 0 Å². The Morgan fingerprint density at radius 2 is 1.60 bits per heavy atom. The van der Waals surface area contributed by atoms with Gasteiger partial charge in [0.15, 0.2) is 11.6 Å². The van der Waals surface area contributed by atoms with Crippen LogP contribution < -0.4 is 9.80 Å². The van der Waals surface area contributed by atoms with E-state index >= 15 is 0 Å². The van der Waals surface area contributed by atoms with Gasteiger partial charge in [0.25, 0.3) is 0 Å². The van der Waals surface area contributed by atoms with Gasteiger partial charge in [0, 0.05) is 32.2 Å². The molecule has 4 rings (SSSR count). The van der Waals surface area contributed by atoms with Crippen molar-refractivity contribution in [2.75, 3.05) is 63.3 Å². The number of nitrogens with zero attached hydrogens (tertiary/aromatic N) is 5. The van der Waals surface area contributed by atoms with Crippen molar-refractivity contribution >= 4 is 22.7 Å². The zero-order valence-electron chi connectivity index (χ0n) is 15.2. The lowest BCUT2D eigenvalue weighted by Crippen LogP contribution is -2.46. The minimum absolute atomic E-state index is 0.569. The average molecular weight is 341 g/mol. The van der Waals surface area contributed by atoms with E-state index in [9.17, 15) is 0 Å². The first-order valence-corrected chi connectivity index (χ1v) is 9.23. The minimum Gasteiger partial charge on any atom is -0.378 e. The van der Waals surface area contributed by atoms with Gasteiger partial charge in [-0.3, -0.25) is 0 Å². The van der Waals surface area contributed by atoms with E-state index in [1.165, 1.54) is 12.8 Å². The molecule has 134 valence electrons. The Labute approximate surface area is 149 Å². The molecule has 3 heterocycles. The lowest BCUT2D eigenvalue weighted by Gasteiger charge is -2.39. The average Bonchev–Trinajstić information content (AvgIpc) is 2.67. The molecule has 0 aliphatic carbocycles. The zero-order valence-corrected chi connectivity index (χ0v) is 15.2. The van der Waals surface area contributed by atoms with Crippen LogP contribution in [0.15, 0.2) is 24.3 Å². The smallest absolute Gasteiger partial charge is 0.172 e. The number of para-hydroxylation sites is 2. The van der Waals surface area contributed by atoms with Crippen LogP contribution in [0.5, 0.6) is 0 Å². The molecule has 25 heavy (non-hydrogen) atoms. The van der Waals surface area contributed by atoms with E-state index in [4.69, 9.17) is 14.7 Å². The van der Waals surface area contributed by atoms with Crippen molar-refractivity contribution in [2.24, 2.45) is 0 Å². The fourth-order valence-corrected chi connectivity index (χ4v) is 3.75. The van der Waals surface area contributed by atoms with Crippen molar-refractivity contribution in [2.45, 2.75) is 18.9 Å². The van der Waals surface area contributed by atoms with Crippen molar-refractivity contribution in [3.05, 3.63) is 24.3 Å². The zero-order chi connectivity index (χ0) is 17.2. The molecule has 2 aliphatic heterocycles. The van der Waals surface area contributed by atoms with E-state index in [-0.39, 0.29) is 0 Å². The molecule has 0 radical (unpaired) electrons. The van der Waals surface area contributed by atoms with Gasteiger partial charge in [-0.1, -0.05) is 12.1 Å². The van der Waals surface area contributed by atoms with Gasteiger partial charge in [-0.25, -0.2) is 9.97 Å². The molecule has 2 aliphatic rings. The van der Waals surface area contributed by atoms with Crippen LogP contribution in [0, 0.1) is 0 Å². The molecule has 2 fully saturated rings. The molecule has 0 amide bonds. The van der Waals surface area contributed by atoms with Crippen molar-refractivity contribution in [3.8, 4) is 0 Å². The minimum atomic E-state index is 0.569. The molecule has 6 heteroatoms. The molecule has 1 unspecified atom stereocenters. The largest absolute Gasteiger partial charge is 0.378 e. The van der Waals surface area contributed by atoms with Gasteiger partial charge in [-0.15, -0.1) is 0 Å². The quantitative estimate of drug-likeness (QED) is 0.851. The van der Waals surface area contributed by atoms with E-state index in [2.05, 4.69) is 40.9 Å². The maximum Gasteiger partial charge on any atom is 0.172 e. The number of anilines is 2. The first-order valence-electron chi connectivity index (χ1n) is 9.23. The summed E-state index contributed by atoms with van der Waals surface area (Å²) in [6.45, 7) is 5.34. The number of morpholine rings is 1. The van der Waals surface area contributed by atoms with Crippen LogP contribution in [0.4, 0.5) is 11.6 Å². The van der Waals surface area contributed by atoms with Crippen molar-refractivity contribution in [1.29, 1.82) is 0 Å². The number of aromatic nitrogens is 2. The van der Waals surface area contributed by atoms with Crippen LogP contribution in [0.3, 0.4) is 0 Å². The first kappa shape index (κ1) is 16.5. The Hall–Kier alpha value is -1.92. The first-order chi connectivity index (χ1) is 12.2. The third-order valence-corrected chi connectivity index (χ3v) is 5.27. The number of likely N-dealkylation sites (N-methyl/N-ethyl adjacent to an activating group) is 1. The predicted octanol–water partition coefficient (Wildman–Crippen LogP) is 2.00. The molecule has 0 N–H and O–H groups in total. The van der Waals surface area contributed by atoms with E-state index in [0.29, 0.717) is 6.04 Å². The standard InChI is InChI=1S/C19H27N5O/c1-22(2)15-6-5-9-24(14-15)19-18(23-10-12-25-13-11-23)20-16-7-3-4-8-17(16)21-19/h3-4,7-8,15H,5-6,9-14H2,1-2H3. The van der Waals surface area contributed by atoms with E-state index in [0.717, 1.165) is 62.1 Å². The fourth-order valence-electron chi connectivity index (χ4n) is 3.75. The van der Waals surface area contributed by atoms with Gasteiger partial charge in [0.1, 0.15) is 0 Å². The Balaban J connectivity index is 1.74. The summed E-state index contributed by atoms with van der Waals surface area (Å²) in [6.07, 6.45) is 2.44. The fraction of sp³-hybridized carbons (Fsp3) is 0.579. The summed E-state index contributed by atoms with van der Waals surface area (Å²) in [5, 5.41) is 0. The second kappa shape index (κ2) is 7.14. The summed E-state index contributed by atoms with van der Waals surface area (Å²) in [6, 6.07) is 8.74. The summed E-state index contributed by atoms with van der Waals surface area (Å²) < 4.78 is 5.53. The molecule has 1 aromatic carbocycles. The molecule has 0 spiro atoms. The Kier molecular flexibility index (Phi) is 4.72. The number of benzene rings is 1. The highest BCUT2D eigenvalue weighted by atomic mass is 16.5.